The predicted octanol–water partition coefficient (Wildman–Crippen LogP) is 1.76. The molecule has 27 heavy (non-hydrogen) atoms. The third kappa shape index (κ3) is 4.95. The number of rotatable bonds is 8. The molecule has 2 rings (SSSR count). The minimum Gasteiger partial charge on any atom is -0.480 e. The number of benzene rings is 2. The molecule has 2 aromatic rings. The minimum absolute atomic E-state index is 0.262. The molecule has 0 fully saturated rings. The summed E-state index contributed by atoms with van der Waals surface area (Å²) in [6, 6.07) is 9.03. The van der Waals surface area contributed by atoms with Crippen molar-refractivity contribution in [3.8, 4) is 0 Å². The van der Waals surface area contributed by atoms with Gasteiger partial charge >= 0.3 is 5.97 Å². The second-order valence-electron chi connectivity index (χ2n) is 5.97. The number of carboxylic acids is 1. The van der Waals surface area contributed by atoms with Crippen LogP contribution in [0.15, 0.2) is 36.4 Å². The fourth-order valence-electron chi connectivity index (χ4n) is 2.94. The van der Waals surface area contributed by atoms with Gasteiger partial charge in [0.2, 0.25) is 0 Å². The van der Waals surface area contributed by atoms with E-state index in [4.69, 9.17) is 4.55 Å². The van der Waals surface area contributed by atoms with Gasteiger partial charge in [-0.2, -0.15) is 8.42 Å². The molecule has 0 aromatic heterocycles. The summed E-state index contributed by atoms with van der Waals surface area (Å²) in [5.41, 5.74) is 0.880. The average Bonchev–Trinajstić information content (AvgIpc) is 2.60. The van der Waals surface area contributed by atoms with Crippen molar-refractivity contribution in [2.45, 2.75) is 19.9 Å². The van der Waals surface area contributed by atoms with Gasteiger partial charge in [0.05, 0.1) is 11.3 Å². The van der Waals surface area contributed by atoms with Gasteiger partial charge in [0.1, 0.15) is 11.8 Å². The zero-order valence-corrected chi connectivity index (χ0v) is 15.9. The van der Waals surface area contributed by atoms with Gasteiger partial charge in [-0.25, -0.2) is 4.79 Å². The van der Waals surface area contributed by atoms with Crippen molar-refractivity contribution in [2.75, 3.05) is 23.7 Å². The lowest BCUT2D eigenvalue weighted by Gasteiger charge is -2.25. The van der Waals surface area contributed by atoms with Crippen molar-refractivity contribution in [3.63, 3.8) is 0 Å². The van der Waals surface area contributed by atoms with E-state index in [0.717, 1.165) is 5.39 Å². The summed E-state index contributed by atoms with van der Waals surface area (Å²) in [5, 5.41) is 12.8. The van der Waals surface area contributed by atoms with E-state index < -0.39 is 33.8 Å². The molecule has 2 aromatic carbocycles. The Hall–Kier alpha value is -2.65. The lowest BCUT2D eigenvalue weighted by atomic mass is 10.0. The first kappa shape index (κ1) is 20.7. The summed E-state index contributed by atoms with van der Waals surface area (Å²) in [7, 11) is -4.58. The number of carbonyl (C=O) groups is 2. The molecule has 0 aliphatic heterocycles. The van der Waals surface area contributed by atoms with Crippen LogP contribution in [0.3, 0.4) is 0 Å². The van der Waals surface area contributed by atoms with E-state index >= 15 is 0 Å². The largest absolute Gasteiger partial charge is 0.480 e. The second-order valence-corrected chi connectivity index (χ2v) is 7.46. The van der Waals surface area contributed by atoms with Crippen molar-refractivity contribution >= 4 is 38.5 Å². The maximum absolute atomic E-state index is 12.9. The number of fused-ring (bicyclic) bond motifs is 1. The normalized spacial score (nSPS) is 12.6. The summed E-state index contributed by atoms with van der Waals surface area (Å²) in [5.74, 6) is -3.38. The number of nitrogens with zero attached hydrogens (tertiary/aromatic N) is 1. The molecule has 1 atom stereocenters. The maximum Gasteiger partial charge on any atom is 0.327 e. The van der Waals surface area contributed by atoms with Gasteiger partial charge in [-0.3, -0.25) is 9.35 Å². The third-order valence-corrected chi connectivity index (χ3v) is 4.97. The van der Waals surface area contributed by atoms with Crippen LogP contribution in [0.4, 0.5) is 5.69 Å². The number of hydrogen-bond acceptors (Lipinski definition) is 5. The van der Waals surface area contributed by atoms with E-state index in [1.807, 2.05) is 36.9 Å². The molecule has 0 bridgehead atoms. The van der Waals surface area contributed by atoms with Crippen LogP contribution in [0, 0.1) is 0 Å². The van der Waals surface area contributed by atoms with Gasteiger partial charge < -0.3 is 15.3 Å². The van der Waals surface area contributed by atoms with E-state index in [1.165, 1.54) is 0 Å². The van der Waals surface area contributed by atoms with Gasteiger partial charge in [-0.1, -0.05) is 30.3 Å². The number of carbonyl (C=O) groups excluding carboxylic acids is 1. The van der Waals surface area contributed by atoms with Gasteiger partial charge in [0, 0.05) is 13.1 Å². The van der Waals surface area contributed by atoms with Crippen LogP contribution in [0.5, 0.6) is 0 Å². The highest BCUT2D eigenvalue weighted by Crippen LogP contribution is 2.29. The quantitative estimate of drug-likeness (QED) is 0.583. The molecular formula is C18H22N2O6S. The van der Waals surface area contributed by atoms with Crippen molar-refractivity contribution in [3.05, 3.63) is 42.0 Å². The lowest BCUT2D eigenvalue weighted by Crippen LogP contribution is -2.45. The number of nitrogens with one attached hydrogen (secondary N) is 1. The third-order valence-electron chi connectivity index (χ3n) is 4.22. The Labute approximate surface area is 157 Å². The zero-order chi connectivity index (χ0) is 20.2. The van der Waals surface area contributed by atoms with Gasteiger partial charge in [0.15, 0.2) is 0 Å². The topological polar surface area (TPSA) is 124 Å². The van der Waals surface area contributed by atoms with Gasteiger partial charge in [-0.05, 0) is 30.7 Å². The van der Waals surface area contributed by atoms with Crippen LogP contribution in [-0.2, 0) is 14.9 Å². The Morgan fingerprint density at radius 3 is 2.30 bits per heavy atom. The zero-order valence-electron chi connectivity index (χ0n) is 15.0. The number of aliphatic carboxylic acids is 1. The smallest absolute Gasteiger partial charge is 0.327 e. The fraction of sp³-hybridized carbons (Fsp3) is 0.333. The molecule has 0 saturated carbocycles. The molecule has 0 aliphatic rings. The van der Waals surface area contributed by atoms with Crippen LogP contribution in [0.25, 0.3) is 10.8 Å². The van der Waals surface area contributed by atoms with E-state index in [2.05, 4.69) is 5.32 Å². The van der Waals surface area contributed by atoms with Crippen LogP contribution in [-0.4, -0.2) is 54.8 Å². The first-order chi connectivity index (χ1) is 12.7. The summed E-state index contributed by atoms with van der Waals surface area (Å²) >= 11 is 0. The Morgan fingerprint density at radius 2 is 1.74 bits per heavy atom. The molecule has 0 spiro atoms. The molecule has 3 N–H and O–H groups in total. The van der Waals surface area contributed by atoms with Crippen LogP contribution < -0.4 is 10.2 Å². The Bertz CT molecular complexity index is 953. The van der Waals surface area contributed by atoms with Crippen molar-refractivity contribution < 1.29 is 27.7 Å². The Kier molecular flexibility index (Phi) is 6.40. The summed E-state index contributed by atoms with van der Waals surface area (Å²) in [6.07, 6.45) is 0. The van der Waals surface area contributed by atoms with Crippen molar-refractivity contribution in [1.29, 1.82) is 0 Å². The molecule has 8 nitrogen and oxygen atoms in total. The fourth-order valence-corrected chi connectivity index (χ4v) is 3.59. The molecule has 0 saturated heterocycles. The molecular weight excluding hydrogens is 372 g/mol. The van der Waals surface area contributed by atoms with E-state index in [9.17, 15) is 23.1 Å². The monoisotopic (exact) mass is 394 g/mol. The SMILES string of the molecule is CCN(CC)c1ccc2ccccc2c1C(=O)NC(CS(=O)(=O)O)C(=O)O. The van der Waals surface area contributed by atoms with E-state index in [0.29, 0.717) is 24.2 Å². The van der Waals surface area contributed by atoms with Crippen molar-refractivity contribution in [1.82, 2.24) is 5.32 Å². The van der Waals surface area contributed by atoms with E-state index in [-0.39, 0.29) is 5.56 Å². The van der Waals surface area contributed by atoms with Crippen molar-refractivity contribution in [2.24, 2.45) is 0 Å². The first-order valence-electron chi connectivity index (χ1n) is 8.43. The molecule has 146 valence electrons. The average molecular weight is 394 g/mol. The van der Waals surface area contributed by atoms with Crippen LogP contribution in [0.2, 0.25) is 0 Å². The lowest BCUT2D eigenvalue weighted by molar-refractivity contribution is -0.138. The number of hydrogen-bond donors (Lipinski definition) is 3. The van der Waals surface area contributed by atoms with Crippen LogP contribution in [0.1, 0.15) is 24.2 Å². The number of anilines is 1. The number of amides is 1. The van der Waals surface area contributed by atoms with Gasteiger partial charge in [0.25, 0.3) is 16.0 Å². The molecule has 0 heterocycles. The summed E-state index contributed by atoms with van der Waals surface area (Å²) in [4.78, 5) is 26.2. The highest BCUT2D eigenvalue weighted by molar-refractivity contribution is 7.85. The standard InChI is InChI=1S/C18H22N2O6S/c1-3-20(4-2)15-10-9-12-7-5-6-8-13(12)16(15)17(21)19-14(18(22)23)11-27(24,25)26/h5-10,14H,3-4,11H2,1-2H3,(H,19,21)(H,22,23)(H,24,25,26). The molecule has 9 heteroatoms. The van der Waals surface area contributed by atoms with Gasteiger partial charge in [-0.15, -0.1) is 0 Å². The molecule has 0 aliphatic carbocycles. The second kappa shape index (κ2) is 8.36. The van der Waals surface area contributed by atoms with E-state index in [1.54, 1.807) is 18.2 Å². The molecule has 1 unspecified atom stereocenters. The minimum atomic E-state index is -4.58. The maximum atomic E-state index is 12.9. The highest BCUT2D eigenvalue weighted by Gasteiger charge is 2.28. The Morgan fingerprint density at radius 1 is 1.11 bits per heavy atom. The molecule has 1 amide bonds. The molecule has 0 radical (unpaired) electrons. The first-order valence-corrected chi connectivity index (χ1v) is 10.0. The summed E-state index contributed by atoms with van der Waals surface area (Å²) < 4.78 is 31.1. The van der Waals surface area contributed by atoms with Crippen LogP contribution >= 0.6 is 0 Å². The summed E-state index contributed by atoms with van der Waals surface area (Å²) in [6.45, 7) is 5.11. The highest BCUT2D eigenvalue weighted by atomic mass is 32.2. The Balaban J connectivity index is 2.55. The predicted molar refractivity (Wildman–Crippen MR) is 103 cm³/mol. The number of carboxylic acid groups (broad SMARTS) is 1.